The van der Waals surface area contributed by atoms with Crippen LogP contribution in [0, 0.1) is 5.82 Å². The van der Waals surface area contributed by atoms with Gasteiger partial charge in [0.1, 0.15) is 5.82 Å². The van der Waals surface area contributed by atoms with Gasteiger partial charge in [0.15, 0.2) is 0 Å². The molecule has 2 aromatic heterocycles. The number of imidazole rings is 1. The molecule has 0 atom stereocenters. The van der Waals surface area contributed by atoms with Crippen molar-refractivity contribution in [3.05, 3.63) is 59.3 Å². The van der Waals surface area contributed by atoms with Gasteiger partial charge in [0.2, 0.25) is 0 Å². The second-order valence-corrected chi connectivity index (χ2v) is 4.63. The second-order valence-electron chi connectivity index (χ2n) is 4.22. The number of hydrogen-bond donors (Lipinski definition) is 1. The summed E-state index contributed by atoms with van der Waals surface area (Å²) in [6.45, 7) is 0. The van der Waals surface area contributed by atoms with Crippen LogP contribution in [-0.4, -0.2) is 20.5 Å². The summed E-state index contributed by atoms with van der Waals surface area (Å²) in [5.74, 6) is -1.58. The molecule has 6 heteroatoms. The van der Waals surface area contributed by atoms with Crippen LogP contribution in [-0.2, 0) is 0 Å². The molecule has 0 fully saturated rings. The van der Waals surface area contributed by atoms with E-state index in [4.69, 9.17) is 11.6 Å². The quantitative estimate of drug-likeness (QED) is 0.786. The first-order chi connectivity index (χ1) is 9.58. The minimum Gasteiger partial charge on any atom is -0.478 e. The molecule has 1 N–H and O–H groups in total. The average Bonchev–Trinajstić information content (AvgIpc) is 2.88. The first kappa shape index (κ1) is 12.6. The number of aromatic nitrogens is 2. The van der Waals surface area contributed by atoms with Crippen molar-refractivity contribution in [2.24, 2.45) is 0 Å². The lowest BCUT2D eigenvalue weighted by molar-refractivity contribution is 0.0697. The van der Waals surface area contributed by atoms with E-state index >= 15 is 0 Å². The predicted octanol–water partition coefficient (Wildman–Crippen LogP) is 3.49. The molecule has 100 valence electrons. The minimum absolute atomic E-state index is 0.00824. The zero-order valence-corrected chi connectivity index (χ0v) is 10.8. The molecule has 0 aliphatic rings. The average molecular weight is 291 g/mol. The molecule has 3 aromatic rings. The Labute approximate surface area is 118 Å². The van der Waals surface area contributed by atoms with Crippen molar-refractivity contribution >= 4 is 23.1 Å². The maximum absolute atomic E-state index is 13.4. The van der Waals surface area contributed by atoms with Gasteiger partial charge < -0.3 is 5.11 Å². The maximum Gasteiger partial charge on any atom is 0.337 e. The highest BCUT2D eigenvalue weighted by Gasteiger charge is 2.18. The highest BCUT2D eigenvalue weighted by molar-refractivity contribution is 6.34. The number of carboxylic acid groups (broad SMARTS) is 1. The molecule has 0 spiro atoms. The molecule has 4 nitrogen and oxygen atoms in total. The molecule has 0 saturated carbocycles. The molecule has 0 aliphatic carbocycles. The van der Waals surface area contributed by atoms with Crippen LogP contribution in [0.4, 0.5) is 4.39 Å². The van der Waals surface area contributed by atoms with Crippen LogP contribution in [0.25, 0.3) is 16.8 Å². The summed E-state index contributed by atoms with van der Waals surface area (Å²) in [5, 5.41) is 9.61. The summed E-state index contributed by atoms with van der Waals surface area (Å²) in [4.78, 5) is 15.4. The van der Waals surface area contributed by atoms with E-state index in [0.717, 1.165) is 0 Å². The standard InChI is InChI=1S/C14H8ClFN2O2/c15-11-5-10(14(19)20)13(18-7-17-6-12(11)18)8-2-1-3-9(16)4-8/h1-7H,(H,19,20). The Morgan fingerprint density at radius 2 is 2.15 bits per heavy atom. The number of pyridine rings is 1. The molecule has 0 unspecified atom stereocenters. The highest BCUT2D eigenvalue weighted by Crippen LogP contribution is 2.30. The largest absolute Gasteiger partial charge is 0.478 e. The number of halogens is 2. The van der Waals surface area contributed by atoms with E-state index < -0.39 is 11.8 Å². The lowest BCUT2D eigenvalue weighted by atomic mass is 10.0. The fourth-order valence-electron chi connectivity index (χ4n) is 2.14. The van der Waals surface area contributed by atoms with Crippen LogP contribution in [0.3, 0.4) is 0 Å². The second kappa shape index (κ2) is 4.61. The normalized spacial score (nSPS) is 10.9. The van der Waals surface area contributed by atoms with Gasteiger partial charge in [0.05, 0.1) is 34.3 Å². The van der Waals surface area contributed by atoms with E-state index in [1.54, 1.807) is 10.5 Å². The van der Waals surface area contributed by atoms with E-state index in [9.17, 15) is 14.3 Å². The molecule has 3 rings (SSSR count). The molecule has 0 bridgehead atoms. The van der Waals surface area contributed by atoms with Crippen LogP contribution in [0.2, 0.25) is 5.02 Å². The Hall–Kier alpha value is -2.40. The Morgan fingerprint density at radius 3 is 2.85 bits per heavy atom. The molecule has 1 aromatic carbocycles. The van der Waals surface area contributed by atoms with E-state index in [-0.39, 0.29) is 10.6 Å². The number of nitrogens with zero attached hydrogens (tertiary/aromatic N) is 2. The third kappa shape index (κ3) is 1.92. The number of fused-ring (bicyclic) bond motifs is 1. The van der Waals surface area contributed by atoms with Crippen LogP contribution in [0.5, 0.6) is 0 Å². The molecule has 2 heterocycles. The fraction of sp³-hybridized carbons (Fsp3) is 0. The summed E-state index contributed by atoms with van der Waals surface area (Å²) in [5.41, 5.74) is 1.35. The molecular weight excluding hydrogens is 283 g/mol. The van der Waals surface area contributed by atoms with Crippen molar-refractivity contribution in [1.82, 2.24) is 9.38 Å². The van der Waals surface area contributed by atoms with Crippen molar-refractivity contribution in [2.45, 2.75) is 0 Å². The zero-order chi connectivity index (χ0) is 14.3. The van der Waals surface area contributed by atoms with Gasteiger partial charge in [-0.1, -0.05) is 23.7 Å². The minimum atomic E-state index is -1.14. The Morgan fingerprint density at radius 1 is 1.35 bits per heavy atom. The van der Waals surface area contributed by atoms with Gasteiger partial charge in [0, 0.05) is 5.56 Å². The number of rotatable bonds is 2. The van der Waals surface area contributed by atoms with Gasteiger partial charge in [-0.2, -0.15) is 0 Å². The molecule has 20 heavy (non-hydrogen) atoms. The number of carboxylic acids is 1. The number of carbonyl (C=O) groups is 1. The van der Waals surface area contributed by atoms with Crippen LogP contribution < -0.4 is 0 Å². The predicted molar refractivity (Wildman–Crippen MR) is 72.6 cm³/mol. The molecule has 0 radical (unpaired) electrons. The molecule has 0 aliphatic heterocycles. The summed E-state index contributed by atoms with van der Waals surface area (Å²) in [6.07, 6.45) is 2.98. The Kier molecular flexibility index (Phi) is 2.91. The topological polar surface area (TPSA) is 54.6 Å². The molecule has 0 amide bonds. The fourth-order valence-corrected chi connectivity index (χ4v) is 2.39. The van der Waals surface area contributed by atoms with Crippen molar-refractivity contribution < 1.29 is 14.3 Å². The maximum atomic E-state index is 13.4. The summed E-state index contributed by atoms with van der Waals surface area (Å²) < 4.78 is 14.9. The van der Waals surface area contributed by atoms with E-state index in [2.05, 4.69) is 4.98 Å². The summed E-state index contributed by atoms with van der Waals surface area (Å²) in [6, 6.07) is 7.08. The van der Waals surface area contributed by atoms with Crippen molar-refractivity contribution in [1.29, 1.82) is 0 Å². The van der Waals surface area contributed by atoms with Crippen LogP contribution in [0.15, 0.2) is 42.9 Å². The zero-order valence-electron chi connectivity index (χ0n) is 10.0. The first-order valence-corrected chi connectivity index (χ1v) is 6.09. The van der Waals surface area contributed by atoms with E-state index in [1.165, 1.54) is 36.8 Å². The Bertz CT molecular complexity index is 829. The van der Waals surface area contributed by atoms with E-state index in [0.29, 0.717) is 16.8 Å². The van der Waals surface area contributed by atoms with Crippen molar-refractivity contribution in [3.63, 3.8) is 0 Å². The van der Waals surface area contributed by atoms with Crippen LogP contribution in [0.1, 0.15) is 10.4 Å². The summed E-state index contributed by atoms with van der Waals surface area (Å²) >= 11 is 6.04. The van der Waals surface area contributed by atoms with Gasteiger partial charge >= 0.3 is 5.97 Å². The van der Waals surface area contributed by atoms with Crippen molar-refractivity contribution in [3.8, 4) is 11.3 Å². The smallest absolute Gasteiger partial charge is 0.337 e. The third-order valence-corrected chi connectivity index (χ3v) is 3.28. The van der Waals surface area contributed by atoms with Gasteiger partial charge in [-0.25, -0.2) is 14.2 Å². The third-order valence-electron chi connectivity index (χ3n) is 2.98. The monoisotopic (exact) mass is 290 g/mol. The van der Waals surface area contributed by atoms with E-state index in [1.807, 2.05) is 0 Å². The van der Waals surface area contributed by atoms with Crippen LogP contribution >= 0.6 is 11.6 Å². The number of hydrogen-bond acceptors (Lipinski definition) is 2. The SMILES string of the molecule is O=C(O)c1cc(Cl)c2cncn2c1-c1cccc(F)c1. The lowest BCUT2D eigenvalue weighted by Gasteiger charge is -2.11. The van der Waals surface area contributed by atoms with Gasteiger partial charge in [-0.15, -0.1) is 0 Å². The Balaban J connectivity index is 2.43. The highest BCUT2D eigenvalue weighted by atomic mass is 35.5. The number of benzene rings is 1. The van der Waals surface area contributed by atoms with Gasteiger partial charge in [-0.05, 0) is 18.2 Å². The lowest BCUT2D eigenvalue weighted by Crippen LogP contribution is -2.05. The van der Waals surface area contributed by atoms with Crippen molar-refractivity contribution in [2.75, 3.05) is 0 Å². The number of aromatic carboxylic acids is 1. The molecule has 0 saturated heterocycles. The van der Waals surface area contributed by atoms with Gasteiger partial charge in [-0.3, -0.25) is 4.40 Å². The first-order valence-electron chi connectivity index (χ1n) is 5.71. The summed E-state index contributed by atoms with van der Waals surface area (Å²) in [7, 11) is 0. The molecular formula is C14H8ClFN2O2. The van der Waals surface area contributed by atoms with Gasteiger partial charge in [0.25, 0.3) is 0 Å².